The van der Waals surface area contributed by atoms with Crippen LogP contribution in [-0.2, 0) is 0 Å². The van der Waals surface area contributed by atoms with Gasteiger partial charge in [-0.05, 0) is 30.4 Å². The standard InChI is InChI=1S/C18H20N2O2/c21-17-15(11-13-7-3-1-4-8-13)19-18(22)16(20-17)12-14-9-5-2-6-10-14/h1,3-4,7-8,11-12,14H,2,5-6,9-10H2,(H,19,22)(H,20,21)/b15-11-,16-12-. The lowest BCUT2D eigenvalue weighted by molar-refractivity contribution is 0.435. The van der Waals surface area contributed by atoms with Crippen LogP contribution >= 0.6 is 0 Å². The molecule has 0 spiro atoms. The molecular formula is C18H20N2O2. The van der Waals surface area contributed by atoms with Gasteiger partial charge < -0.3 is 9.97 Å². The van der Waals surface area contributed by atoms with Crippen molar-refractivity contribution in [3.05, 3.63) is 67.3 Å². The summed E-state index contributed by atoms with van der Waals surface area (Å²) >= 11 is 0. The monoisotopic (exact) mass is 296 g/mol. The minimum atomic E-state index is -0.259. The molecule has 1 aliphatic carbocycles. The molecule has 1 saturated carbocycles. The van der Waals surface area contributed by atoms with Crippen LogP contribution in [0.3, 0.4) is 0 Å². The maximum Gasteiger partial charge on any atom is 0.272 e. The number of benzene rings is 1. The molecule has 1 heterocycles. The normalized spacial score (nSPS) is 17.8. The average Bonchev–Trinajstić information content (AvgIpc) is 2.54. The molecule has 1 aromatic heterocycles. The molecule has 0 atom stereocenters. The van der Waals surface area contributed by atoms with E-state index in [1.54, 1.807) is 6.08 Å². The minimum absolute atomic E-state index is 0.229. The van der Waals surface area contributed by atoms with Crippen LogP contribution in [0.5, 0.6) is 0 Å². The summed E-state index contributed by atoms with van der Waals surface area (Å²) in [5.41, 5.74) is 0.394. The molecule has 0 radical (unpaired) electrons. The number of hydrogen-bond acceptors (Lipinski definition) is 2. The number of aromatic amines is 2. The second kappa shape index (κ2) is 6.60. The molecule has 0 bridgehead atoms. The highest BCUT2D eigenvalue weighted by Gasteiger charge is 2.10. The molecule has 1 fully saturated rings. The lowest BCUT2D eigenvalue weighted by Gasteiger charge is -2.17. The molecule has 0 saturated heterocycles. The number of nitrogens with one attached hydrogen (secondary N) is 2. The van der Waals surface area contributed by atoms with E-state index >= 15 is 0 Å². The Morgan fingerprint density at radius 3 is 2.23 bits per heavy atom. The van der Waals surface area contributed by atoms with E-state index in [-0.39, 0.29) is 16.5 Å². The van der Waals surface area contributed by atoms with Gasteiger partial charge in [-0.1, -0.05) is 55.7 Å². The molecule has 22 heavy (non-hydrogen) atoms. The Balaban J connectivity index is 2.02. The Morgan fingerprint density at radius 2 is 1.50 bits per heavy atom. The number of aromatic nitrogens is 2. The summed E-state index contributed by atoms with van der Waals surface area (Å²) in [6.45, 7) is 0. The molecule has 2 aromatic rings. The third-order valence-electron chi connectivity index (χ3n) is 4.15. The number of H-pyrrole nitrogens is 2. The smallest absolute Gasteiger partial charge is 0.272 e. The van der Waals surface area contributed by atoms with Gasteiger partial charge in [0, 0.05) is 0 Å². The maximum atomic E-state index is 12.2. The van der Waals surface area contributed by atoms with Crippen molar-refractivity contribution in [3.63, 3.8) is 0 Å². The zero-order valence-electron chi connectivity index (χ0n) is 12.5. The lowest BCUT2D eigenvalue weighted by Crippen LogP contribution is -2.47. The molecule has 4 nitrogen and oxygen atoms in total. The highest BCUT2D eigenvalue weighted by atomic mass is 16.1. The van der Waals surface area contributed by atoms with Crippen molar-refractivity contribution in [2.45, 2.75) is 32.1 Å². The third-order valence-corrected chi connectivity index (χ3v) is 4.15. The van der Waals surface area contributed by atoms with Crippen LogP contribution < -0.4 is 21.8 Å². The Morgan fingerprint density at radius 1 is 0.864 bits per heavy atom. The van der Waals surface area contributed by atoms with Gasteiger partial charge in [-0.25, -0.2) is 0 Å². The molecule has 3 rings (SSSR count). The summed E-state index contributed by atoms with van der Waals surface area (Å²) in [5.74, 6) is 0.398. The largest absolute Gasteiger partial charge is 0.316 e. The molecule has 4 heteroatoms. The predicted octanol–water partition coefficient (Wildman–Crippen LogP) is 1.25. The summed E-state index contributed by atoms with van der Waals surface area (Å²) in [6, 6.07) is 9.47. The topological polar surface area (TPSA) is 65.7 Å². The molecule has 0 unspecified atom stereocenters. The van der Waals surface area contributed by atoms with Gasteiger partial charge in [0.2, 0.25) is 0 Å². The van der Waals surface area contributed by atoms with E-state index < -0.39 is 0 Å². The van der Waals surface area contributed by atoms with Gasteiger partial charge in [0.1, 0.15) is 10.7 Å². The fourth-order valence-corrected chi connectivity index (χ4v) is 2.96. The van der Waals surface area contributed by atoms with Crippen molar-refractivity contribution in [3.8, 4) is 0 Å². The van der Waals surface area contributed by atoms with Crippen LogP contribution in [0.4, 0.5) is 0 Å². The van der Waals surface area contributed by atoms with Crippen LogP contribution in [-0.4, -0.2) is 9.97 Å². The first kappa shape index (κ1) is 14.6. The van der Waals surface area contributed by atoms with Crippen LogP contribution in [0.1, 0.15) is 37.7 Å². The SMILES string of the molecule is O=c1[nH]/c(=C\C2CCCCC2)c(=O)[nH]/c1=C\c1ccccc1. The first-order chi connectivity index (χ1) is 10.7. The van der Waals surface area contributed by atoms with Gasteiger partial charge in [0.15, 0.2) is 0 Å². The van der Waals surface area contributed by atoms with E-state index in [9.17, 15) is 9.59 Å². The highest BCUT2D eigenvalue weighted by Crippen LogP contribution is 2.24. The van der Waals surface area contributed by atoms with Gasteiger partial charge in [0.25, 0.3) is 11.1 Å². The Labute approximate surface area is 128 Å². The summed E-state index contributed by atoms with van der Waals surface area (Å²) in [7, 11) is 0. The zero-order chi connectivity index (χ0) is 15.4. The van der Waals surface area contributed by atoms with Crippen LogP contribution in [0, 0.1) is 5.92 Å². The Hall–Kier alpha value is -2.36. The van der Waals surface area contributed by atoms with Crippen molar-refractivity contribution in [1.82, 2.24) is 9.97 Å². The molecule has 0 aliphatic heterocycles. The Kier molecular flexibility index (Phi) is 4.37. The second-order valence-electron chi connectivity index (χ2n) is 5.86. The zero-order valence-corrected chi connectivity index (χ0v) is 12.5. The number of rotatable bonds is 2. The van der Waals surface area contributed by atoms with E-state index in [1.165, 1.54) is 19.3 Å². The van der Waals surface area contributed by atoms with Crippen molar-refractivity contribution >= 4 is 12.2 Å². The Bertz CT molecular complexity index is 856. The number of hydrogen-bond donors (Lipinski definition) is 2. The highest BCUT2D eigenvalue weighted by molar-refractivity contribution is 5.47. The van der Waals surface area contributed by atoms with Crippen LogP contribution in [0.25, 0.3) is 12.2 Å². The van der Waals surface area contributed by atoms with Crippen molar-refractivity contribution in [2.75, 3.05) is 0 Å². The molecule has 2 N–H and O–H groups in total. The van der Waals surface area contributed by atoms with Gasteiger partial charge in [0.05, 0.1) is 0 Å². The first-order valence-electron chi connectivity index (χ1n) is 7.83. The second-order valence-corrected chi connectivity index (χ2v) is 5.86. The van der Waals surface area contributed by atoms with E-state index in [4.69, 9.17) is 0 Å². The summed E-state index contributed by atoms with van der Waals surface area (Å²) in [4.78, 5) is 29.8. The van der Waals surface area contributed by atoms with E-state index in [0.717, 1.165) is 18.4 Å². The quantitative estimate of drug-likeness (QED) is 0.876. The van der Waals surface area contributed by atoms with Crippen LogP contribution in [0.15, 0.2) is 39.9 Å². The fourth-order valence-electron chi connectivity index (χ4n) is 2.96. The summed E-state index contributed by atoms with van der Waals surface area (Å²) in [6.07, 6.45) is 9.46. The van der Waals surface area contributed by atoms with E-state index in [1.807, 2.05) is 36.4 Å². The fraction of sp³-hybridized carbons (Fsp3) is 0.333. The van der Waals surface area contributed by atoms with Gasteiger partial charge in [-0.2, -0.15) is 0 Å². The summed E-state index contributed by atoms with van der Waals surface area (Å²) < 4.78 is 0. The predicted molar refractivity (Wildman–Crippen MR) is 88.0 cm³/mol. The summed E-state index contributed by atoms with van der Waals surface area (Å²) in [5, 5.41) is 0.680. The van der Waals surface area contributed by atoms with Gasteiger partial charge in [-0.15, -0.1) is 0 Å². The first-order valence-corrected chi connectivity index (χ1v) is 7.83. The molecule has 1 aromatic carbocycles. The van der Waals surface area contributed by atoms with Gasteiger partial charge in [-0.3, -0.25) is 9.59 Å². The third kappa shape index (κ3) is 3.45. The maximum absolute atomic E-state index is 12.2. The molecule has 114 valence electrons. The molecule has 0 amide bonds. The molecule has 1 aliphatic rings. The van der Waals surface area contributed by atoms with E-state index in [2.05, 4.69) is 9.97 Å². The van der Waals surface area contributed by atoms with Crippen molar-refractivity contribution < 1.29 is 0 Å². The molecular weight excluding hydrogens is 276 g/mol. The van der Waals surface area contributed by atoms with Gasteiger partial charge >= 0.3 is 0 Å². The van der Waals surface area contributed by atoms with Crippen molar-refractivity contribution in [2.24, 2.45) is 5.92 Å². The van der Waals surface area contributed by atoms with Crippen molar-refractivity contribution in [1.29, 1.82) is 0 Å². The lowest BCUT2D eigenvalue weighted by atomic mass is 9.89. The van der Waals surface area contributed by atoms with Crippen LogP contribution in [0.2, 0.25) is 0 Å². The van der Waals surface area contributed by atoms with E-state index in [0.29, 0.717) is 11.3 Å². The average molecular weight is 296 g/mol. The minimum Gasteiger partial charge on any atom is -0.316 e.